The highest BCUT2D eigenvalue weighted by Gasteiger charge is 2.48. The molecule has 3 unspecified atom stereocenters. The Labute approximate surface area is 185 Å². The van der Waals surface area contributed by atoms with E-state index in [4.69, 9.17) is 11.6 Å². The van der Waals surface area contributed by atoms with Crippen molar-refractivity contribution in [2.45, 2.75) is 64.3 Å². The van der Waals surface area contributed by atoms with E-state index in [-0.39, 0.29) is 29.3 Å². The van der Waals surface area contributed by atoms with Crippen LogP contribution in [0, 0.1) is 28.1 Å². The van der Waals surface area contributed by atoms with Crippen molar-refractivity contribution < 1.29 is 9.90 Å². The number of nitrogens with one attached hydrogen (secondary N) is 2. The highest BCUT2D eigenvalue weighted by atomic mass is 35.5. The summed E-state index contributed by atoms with van der Waals surface area (Å²) in [5.74, 6) is 0.000615. The fourth-order valence-electron chi connectivity index (χ4n) is 4.96. The van der Waals surface area contributed by atoms with Gasteiger partial charge in [-0.05, 0) is 54.7 Å². The number of piperidine rings is 1. The molecule has 0 aromatic heterocycles. The fraction of sp³-hybridized carbons (Fsp3) is 0.667. The zero-order valence-corrected chi connectivity index (χ0v) is 19.1. The topological polar surface area (TPSA) is 85.2 Å². The number of nitrogens with zero attached hydrogens (tertiary/aromatic N) is 1. The van der Waals surface area contributed by atoms with Gasteiger partial charge < -0.3 is 15.7 Å². The summed E-state index contributed by atoms with van der Waals surface area (Å²) >= 11 is 6.10. The molecule has 164 valence electrons. The Hall–Kier alpha value is -1.61. The van der Waals surface area contributed by atoms with E-state index in [1.165, 1.54) is 0 Å². The van der Waals surface area contributed by atoms with Crippen LogP contribution in [-0.4, -0.2) is 36.8 Å². The van der Waals surface area contributed by atoms with Crippen molar-refractivity contribution in [3.8, 4) is 6.07 Å². The number of aliphatic hydroxyl groups is 1. The number of amides is 1. The summed E-state index contributed by atoms with van der Waals surface area (Å²) in [5, 5.41) is 27.2. The minimum absolute atomic E-state index is 0.0632. The van der Waals surface area contributed by atoms with E-state index in [1.807, 2.05) is 24.3 Å². The molecular weight excluding hydrogens is 398 g/mol. The number of benzene rings is 1. The predicted molar refractivity (Wildman–Crippen MR) is 119 cm³/mol. The van der Waals surface area contributed by atoms with Gasteiger partial charge in [0.25, 0.3) is 0 Å². The van der Waals surface area contributed by atoms with Crippen molar-refractivity contribution in [2.24, 2.45) is 16.7 Å². The van der Waals surface area contributed by atoms with E-state index in [0.29, 0.717) is 24.5 Å². The molecule has 3 N–H and O–H groups in total. The van der Waals surface area contributed by atoms with Gasteiger partial charge in [0.15, 0.2) is 0 Å². The van der Waals surface area contributed by atoms with Crippen LogP contribution in [0.15, 0.2) is 24.3 Å². The molecule has 3 rings (SSSR count). The van der Waals surface area contributed by atoms with Crippen LogP contribution < -0.4 is 10.6 Å². The van der Waals surface area contributed by atoms with E-state index < -0.39 is 11.5 Å². The predicted octanol–water partition coefficient (Wildman–Crippen LogP) is 3.79. The Morgan fingerprint density at radius 1 is 1.33 bits per heavy atom. The summed E-state index contributed by atoms with van der Waals surface area (Å²) < 4.78 is 0. The van der Waals surface area contributed by atoms with Crippen LogP contribution in [0.2, 0.25) is 5.02 Å². The zero-order valence-electron chi connectivity index (χ0n) is 18.3. The molecule has 0 spiro atoms. The van der Waals surface area contributed by atoms with Crippen molar-refractivity contribution in [3.05, 3.63) is 34.9 Å². The van der Waals surface area contributed by atoms with Gasteiger partial charge in [-0.15, -0.1) is 0 Å². The van der Waals surface area contributed by atoms with Gasteiger partial charge in [-0.25, -0.2) is 0 Å². The Kier molecular flexibility index (Phi) is 6.81. The third kappa shape index (κ3) is 4.82. The summed E-state index contributed by atoms with van der Waals surface area (Å²) in [6, 6.07) is 9.67. The molecular formula is C24H34ClN3O2. The highest BCUT2D eigenvalue weighted by molar-refractivity contribution is 6.30. The van der Waals surface area contributed by atoms with Gasteiger partial charge in [0.2, 0.25) is 5.91 Å². The fourth-order valence-corrected chi connectivity index (χ4v) is 5.08. The Morgan fingerprint density at radius 2 is 2.00 bits per heavy atom. The van der Waals surface area contributed by atoms with E-state index in [2.05, 4.69) is 37.5 Å². The lowest BCUT2D eigenvalue weighted by molar-refractivity contribution is -0.125. The Balaban J connectivity index is 1.82. The van der Waals surface area contributed by atoms with Crippen LogP contribution in [0.3, 0.4) is 0 Å². The van der Waals surface area contributed by atoms with Crippen LogP contribution in [0.25, 0.3) is 0 Å². The molecule has 6 heteroatoms. The largest absolute Gasteiger partial charge is 0.396 e. The molecule has 1 aliphatic heterocycles. The molecule has 1 heterocycles. The second kappa shape index (κ2) is 8.86. The molecule has 2 aliphatic rings. The maximum Gasteiger partial charge on any atom is 0.237 e. The first-order chi connectivity index (χ1) is 14.1. The van der Waals surface area contributed by atoms with Crippen LogP contribution >= 0.6 is 11.6 Å². The molecule has 30 heavy (non-hydrogen) atoms. The quantitative estimate of drug-likeness (QED) is 0.639. The third-order valence-corrected chi connectivity index (χ3v) is 7.21. The molecule has 1 aliphatic carbocycles. The lowest BCUT2D eigenvalue weighted by Crippen LogP contribution is -2.59. The Bertz CT molecular complexity index is 787. The standard InChI is InChI=1S/C24H34ClN3O2/c1-22(2,3)11-18-13-27-20(21(30)28-15-23(16-29)9-4-10-23)12-24(18,14-26)17-5-7-19(25)8-6-17/h5-8,18,20,27,29H,4,9-13,15-16H2,1-3H3,(H,28,30). The van der Waals surface area contributed by atoms with Crippen molar-refractivity contribution in [3.63, 3.8) is 0 Å². The SMILES string of the molecule is CC(C)(C)CC1CNC(C(=O)NCC2(CO)CCC2)CC1(C#N)c1ccc(Cl)cc1. The Morgan fingerprint density at radius 3 is 2.50 bits per heavy atom. The minimum Gasteiger partial charge on any atom is -0.396 e. The zero-order chi connectivity index (χ0) is 22.0. The number of nitriles is 1. The molecule has 1 saturated carbocycles. The third-order valence-electron chi connectivity index (χ3n) is 6.96. The van der Waals surface area contributed by atoms with Crippen LogP contribution in [0.1, 0.15) is 58.4 Å². The van der Waals surface area contributed by atoms with E-state index in [9.17, 15) is 15.2 Å². The summed E-state index contributed by atoms with van der Waals surface area (Å²) in [6.45, 7) is 7.75. The number of carbonyl (C=O) groups excluding carboxylic acids is 1. The second-order valence-corrected chi connectivity index (χ2v) is 10.9. The van der Waals surface area contributed by atoms with Crippen LogP contribution in [-0.2, 0) is 10.2 Å². The molecule has 5 nitrogen and oxygen atoms in total. The van der Waals surface area contributed by atoms with Crippen molar-refractivity contribution in [1.29, 1.82) is 5.26 Å². The maximum absolute atomic E-state index is 13.0. The lowest BCUT2D eigenvalue weighted by Gasteiger charge is -2.45. The molecule has 2 fully saturated rings. The first kappa shape index (κ1) is 23.1. The summed E-state index contributed by atoms with van der Waals surface area (Å²) in [5.41, 5.74) is 0.0692. The highest BCUT2D eigenvalue weighted by Crippen LogP contribution is 2.45. The molecule has 3 atom stereocenters. The van der Waals surface area contributed by atoms with Gasteiger partial charge in [-0.1, -0.05) is 50.9 Å². The van der Waals surface area contributed by atoms with Crippen LogP contribution in [0.5, 0.6) is 0 Å². The van der Waals surface area contributed by atoms with E-state index >= 15 is 0 Å². The normalized spacial score (nSPS) is 28.3. The van der Waals surface area contributed by atoms with Gasteiger partial charge in [0.1, 0.15) is 0 Å². The number of carbonyl (C=O) groups is 1. The summed E-state index contributed by atoms with van der Waals surface area (Å²) in [4.78, 5) is 13.0. The number of hydrogen-bond acceptors (Lipinski definition) is 4. The van der Waals surface area contributed by atoms with Gasteiger partial charge in [0.05, 0.1) is 24.1 Å². The molecule has 0 bridgehead atoms. The lowest BCUT2D eigenvalue weighted by atomic mass is 9.61. The number of aliphatic hydroxyl groups excluding tert-OH is 1. The van der Waals surface area contributed by atoms with Gasteiger partial charge in [-0.2, -0.15) is 5.26 Å². The van der Waals surface area contributed by atoms with E-state index in [1.54, 1.807) is 0 Å². The smallest absolute Gasteiger partial charge is 0.237 e. The molecule has 0 radical (unpaired) electrons. The van der Waals surface area contributed by atoms with Crippen molar-refractivity contribution in [1.82, 2.24) is 10.6 Å². The molecule has 1 amide bonds. The number of halogens is 1. The minimum atomic E-state index is -0.754. The van der Waals surface area contributed by atoms with E-state index in [0.717, 1.165) is 31.2 Å². The first-order valence-corrected chi connectivity index (χ1v) is 11.3. The monoisotopic (exact) mass is 431 g/mol. The number of hydrogen-bond donors (Lipinski definition) is 3. The van der Waals surface area contributed by atoms with Gasteiger partial charge in [0, 0.05) is 23.5 Å². The van der Waals surface area contributed by atoms with Crippen LogP contribution in [0.4, 0.5) is 0 Å². The molecule has 1 saturated heterocycles. The second-order valence-electron chi connectivity index (χ2n) is 10.4. The average molecular weight is 432 g/mol. The van der Waals surface area contributed by atoms with Gasteiger partial charge in [-0.3, -0.25) is 4.79 Å². The maximum atomic E-state index is 13.0. The summed E-state index contributed by atoms with van der Waals surface area (Å²) in [6.07, 6.45) is 4.29. The first-order valence-electron chi connectivity index (χ1n) is 10.9. The number of rotatable bonds is 6. The molecule has 1 aromatic rings. The van der Waals surface area contributed by atoms with Gasteiger partial charge >= 0.3 is 0 Å². The van der Waals surface area contributed by atoms with Crippen molar-refractivity contribution >= 4 is 17.5 Å². The molecule has 1 aromatic carbocycles. The van der Waals surface area contributed by atoms with Crippen molar-refractivity contribution in [2.75, 3.05) is 19.7 Å². The average Bonchev–Trinajstić information content (AvgIpc) is 2.67. The summed E-state index contributed by atoms with van der Waals surface area (Å²) in [7, 11) is 0.